The van der Waals surface area contributed by atoms with Gasteiger partial charge in [0, 0.05) is 71.5 Å². The summed E-state index contributed by atoms with van der Waals surface area (Å²) < 4.78 is 6.93. The van der Waals surface area contributed by atoms with Crippen LogP contribution in [0.4, 0.5) is 0 Å². The Bertz CT molecular complexity index is 4640. The van der Waals surface area contributed by atoms with Gasteiger partial charge in [0.05, 0.1) is 33.1 Å². The first kappa shape index (κ1) is 42.3. The summed E-state index contributed by atoms with van der Waals surface area (Å²) in [6.45, 7) is 0. The molecule has 0 aliphatic carbocycles. The first-order valence-corrected chi connectivity index (χ1v) is 25.0. The summed E-state index contributed by atoms with van der Waals surface area (Å²) in [5.74, 6) is 3.47. The Morgan fingerprint density at radius 1 is 0.213 bits per heavy atom. The van der Waals surface area contributed by atoms with Crippen molar-refractivity contribution in [1.82, 2.24) is 43.6 Å². The van der Waals surface area contributed by atoms with E-state index >= 15 is 0 Å². The van der Waals surface area contributed by atoms with E-state index in [0.29, 0.717) is 35.1 Å². The van der Waals surface area contributed by atoms with Gasteiger partial charge in [-0.05, 0) is 60.7 Å². The van der Waals surface area contributed by atoms with Crippen LogP contribution in [-0.4, -0.2) is 43.6 Å². The van der Waals surface area contributed by atoms with Crippen LogP contribution in [0.2, 0.25) is 0 Å². The highest BCUT2D eigenvalue weighted by atomic mass is 15.2. The van der Waals surface area contributed by atoms with Gasteiger partial charge in [0.15, 0.2) is 29.1 Å². The Hall–Kier alpha value is -10.4. The minimum atomic E-state index is 0.529. The maximum atomic E-state index is 5.33. The van der Waals surface area contributed by atoms with Gasteiger partial charge in [-0.15, -0.1) is 0 Å². The predicted octanol–water partition coefficient (Wildman–Crippen LogP) is 15.7. The molecule has 0 radical (unpaired) electrons. The molecule has 0 saturated carbocycles. The fourth-order valence-electron chi connectivity index (χ4n) is 11.0. The Labute approximate surface area is 430 Å². The van der Waals surface area contributed by atoms with Gasteiger partial charge in [0.2, 0.25) is 5.95 Å². The summed E-state index contributed by atoms with van der Waals surface area (Å²) in [5.41, 5.74) is 12.8. The monoisotopic (exact) mass is 959 g/mol. The number of hydrogen-bond acceptors (Lipinski definition) is 6. The molecule has 0 saturated heterocycles. The quantitative estimate of drug-likeness (QED) is 0.151. The molecule has 10 aromatic carbocycles. The highest BCUT2D eigenvalue weighted by molar-refractivity contribution is 6.23. The topological polar surface area (TPSA) is 92.1 Å². The maximum Gasteiger partial charge on any atom is 0.238 e. The van der Waals surface area contributed by atoms with E-state index < -0.39 is 0 Å². The molecule has 0 bridgehead atoms. The summed E-state index contributed by atoms with van der Waals surface area (Å²) in [5, 5.41) is 6.69. The van der Waals surface area contributed by atoms with E-state index in [1.54, 1.807) is 0 Å². The van der Waals surface area contributed by atoms with Gasteiger partial charge >= 0.3 is 0 Å². The van der Waals surface area contributed by atoms with Crippen molar-refractivity contribution in [2.75, 3.05) is 0 Å². The Balaban J connectivity index is 0.958. The van der Waals surface area contributed by atoms with Crippen LogP contribution in [0.3, 0.4) is 0 Å². The minimum absolute atomic E-state index is 0.529. The predicted molar refractivity (Wildman–Crippen MR) is 303 cm³/mol. The van der Waals surface area contributed by atoms with Crippen molar-refractivity contribution in [3.05, 3.63) is 249 Å². The molecule has 15 aromatic rings. The lowest BCUT2D eigenvalue weighted by Gasteiger charge is -2.14. The van der Waals surface area contributed by atoms with Crippen LogP contribution in [-0.2, 0) is 0 Å². The average Bonchev–Trinajstić information content (AvgIpc) is 4.14. The molecule has 5 aromatic heterocycles. The number of rotatable bonds is 8. The van der Waals surface area contributed by atoms with Gasteiger partial charge < -0.3 is 9.13 Å². The lowest BCUT2D eigenvalue weighted by Crippen LogP contribution is -2.07. The number of aromatic nitrogens is 9. The Morgan fingerprint density at radius 2 is 0.587 bits per heavy atom. The first-order valence-electron chi connectivity index (χ1n) is 25.0. The summed E-state index contributed by atoms with van der Waals surface area (Å²) in [4.78, 5) is 31.5. The zero-order chi connectivity index (χ0) is 49.4. The van der Waals surface area contributed by atoms with Crippen LogP contribution in [0.25, 0.3) is 140 Å². The lowest BCUT2D eigenvalue weighted by atomic mass is 10.1. The molecule has 75 heavy (non-hydrogen) atoms. The maximum absolute atomic E-state index is 5.33. The highest BCUT2D eigenvalue weighted by Crippen LogP contribution is 2.42. The molecule has 0 atom stereocenters. The van der Waals surface area contributed by atoms with Crippen molar-refractivity contribution < 1.29 is 0 Å². The van der Waals surface area contributed by atoms with E-state index in [-0.39, 0.29) is 0 Å². The molecule has 9 nitrogen and oxygen atoms in total. The zero-order valence-electron chi connectivity index (χ0n) is 40.2. The molecule has 350 valence electrons. The van der Waals surface area contributed by atoms with Crippen LogP contribution in [0.5, 0.6) is 0 Å². The molecule has 0 N–H and O–H groups in total. The lowest BCUT2D eigenvalue weighted by molar-refractivity contribution is 0.953. The normalized spacial score (nSPS) is 11.7. The van der Waals surface area contributed by atoms with Crippen molar-refractivity contribution >= 4 is 65.4 Å². The molecule has 15 rings (SSSR count). The number of benzene rings is 10. The molecular formula is C66H41N9. The molecular weight excluding hydrogens is 919 g/mol. The standard InChI is InChI=1S/C66H41N9/c1-5-20-42(21-6-1)61-67-64(70-65(68-61)46-36-39-58-54(41-46)51-32-15-16-33-55(51)73(58)47-27-11-4-12-28-47)45-26-19-29-48(40-45)74-56-34-17-13-30-49(56)52-37-38-53-50-31-14-18-35-57(50)75(60(53)59(52)74)66-71-62(43-22-7-2-8-23-43)69-63(72-66)44-24-9-3-10-25-44/h1-41H. The van der Waals surface area contributed by atoms with Gasteiger partial charge in [-0.2, -0.15) is 9.97 Å². The van der Waals surface area contributed by atoms with Crippen LogP contribution in [0.15, 0.2) is 249 Å². The van der Waals surface area contributed by atoms with Crippen LogP contribution >= 0.6 is 0 Å². The summed E-state index contributed by atoms with van der Waals surface area (Å²) in [6, 6.07) is 86.3. The number of fused-ring (bicyclic) bond motifs is 10. The van der Waals surface area contributed by atoms with Gasteiger partial charge in [-0.3, -0.25) is 4.57 Å². The summed E-state index contributed by atoms with van der Waals surface area (Å²) >= 11 is 0. The van der Waals surface area contributed by atoms with Crippen molar-refractivity contribution in [2.24, 2.45) is 0 Å². The third kappa shape index (κ3) is 6.94. The first-order chi connectivity index (χ1) is 37.2. The minimum Gasteiger partial charge on any atom is -0.309 e. The fourth-order valence-corrected chi connectivity index (χ4v) is 11.0. The van der Waals surface area contributed by atoms with Crippen molar-refractivity contribution in [2.45, 2.75) is 0 Å². The highest BCUT2D eigenvalue weighted by Gasteiger charge is 2.24. The van der Waals surface area contributed by atoms with Gasteiger partial charge in [0.1, 0.15) is 0 Å². The van der Waals surface area contributed by atoms with Crippen LogP contribution in [0, 0.1) is 0 Å². The van der Waals surface area contributed by atoms with Crippen molar-refractivity contribution in [3.63, 3.8) is 0 Å². The van der Waals surface area contributed by atoms with E-state index in [0.717, 1.165) is 105 Å². The largest absolute Gasteiger partial charge is 0.309 e. The smallest absolute Gasteiger partial charge is 0.238 e. The summed E-state index contributed by atoms with van der Waals surface area (Å²) in [7, 11) is 0. The number of hydrogen-bond donors (Lipinski definition) is 0. The van der Waals surface area contributed by atoms with E-state index in [9.17, 15) is 0 Å². The van der Waals surface area contributed by atoms with Gasteiger partial charge in [-0.25, -0.2) is 19.9 Å². The zero-order valence-corrected chi connectivity index (χ0v) is 40.2. The third-order valence-electron chi connectivity index (χ3n) is 14.3. The Kier molecular flexibility index (Phi) is 9.67. The van der Waals surface area contributed by atoms with Gasteiger partial charge in [-0.1, -0.05) is 188 Å². The molecule has 5 heterocycles. The Morgan fingerprint density at radius 3 is 1.13 bits per heavy atom. The van der Waals surface area contributed by atoms with Gasteiger partial charge in [0.25, 0.3) is 0 Å². The molecule has 0 unspecified atom stereocenters. The number of nitrogens with zero attached hydrogens (tertiary/aromatic N) is 9. The second-order valence-electron chi connectivity index (χ2n) is 18.7. The molecule has 0 aliphatic heterocycles. The average molecular weight is 960 g/mol. The third-order valence-corrected chi connectivity index (χ3v) is 14.3. The van der Waals surface area contributed by atoms with Crippen molar-refractivity contribution in [3.8, 4) is 74.3 Å². The van der Waals surface area contributed by atoms with Crippen molar-refractivity contribution in [1.29, 1.82) is 0 Å². The molecule has 9 heteroatoms. The van der Waals surface area contributed by atoms with Crippen LogP contribution < -0.4 is 0 Å². The second kappa shape index (κ2) is 17.1. The molecule has 0 spiro atoms. The summed E-state index contributed by atoms with van der Waals surface area (Å²) in [6.07, 6.45) is 0. The fraction of sp³-hybridized carbons (Fsp3) is 0. The van der Waals surface area contributed by atoms with E-state index in [1.165, 1.54) is 0 Å². The van der Waals surface area contributed by atoms with E-state index in [2.05, 4.69) is 184 Å². The molecule has 0 aliphatic rings. The SMILES string of the molecule is c1ccc(-c2nc(-c3cccc(-n4c5ccccc5c5ccc6c7ccccc7n(-c7nc(-c8ccccc8)nc(-c8ccccc8)n7)c6c54)c3)nc(-c3ccc4c(c3)c3ccccc3n4-c3ccccc3)n2)cc1. The van der Waals surface area contributed by atoms with E-state index in [1.807, 2.05) is 78.9 Å². The van der Waals surface area contributed by atoms with E-state index in [4.69, 9.17) is 29.9 Å². The van der Waals surface area contributed by atoms with Crippen LogP contribution in [0.1, 0.15) is 0 Å². The molecule has 0 fully saturated rings. The number of para-hydroxylation sites is 4. The molecule has 0 amide bonds. The second-order valence-corrected chi connectivity index (χ2v) is 18.7.